The minimum atomic E-state index is 0.157. The van der Waals surface area contributed by atoms with E-state index in [0.29, 0.717) is 12.6 Å². The van der Waals surface area contributed by atoms with Crippen LogP contribution in [0.2, 0.25) is 0 Å². The average molecular weight is 230 g/mol. The fourth-order valence-corrected chi connectivity index (χ4v) is 2.13. The maximum Gasteiger partial charge on any atom is 0.0820 e. The van der Waals surface area contributed by atoms with Gasteiger partial charge in [0.15, 0.2) is 0 Å². The lowest BCUT2D eigenvalue weighted by Crippen LogP contribution is -2.45. The molecule has 0 aromatic carbocycles. The number of hydrogen-bond acceptors (Lipinski definition) is 4. The van der Waals surface area contributed by atoms with Gasteiger partial charge in [-0.3, -0.25) is 4.90 Å². The summed E-state index contributed by atoms with van der Waals surface area (Å²) in [4.78, 5) is 2.41. The van der Waals surface area contributed by atoms with Gasteiger partial charge in [-0.15, -0.1) is 0 Å². The van der Waals surface area contributed by atoms with Crippen molar-refractivity contribution in [3.63, 3.8) is 0 Å². The van der Waals surface area contributed by atoms with Crippen molar-refractivity contribution >= 4 is 0 Å². The number of hydrogen-bond donors (Lipinski definition) is 1. The normalized spacial score (nSPS) is 24.6. The number of likely N-dealkylation sites (tertiary alicyclic amines) is 1. The second kappa shape index (κ2) is 8.01. The molecule has 1 heterocycles. The summed E-state index contributed by atoms with van der Waals surface area (Å²) in [6.07, 6.45) is 4.07. The van der Waals surface area contributed by atoms with Crippen LogP contribution in [0.4, 0.5) is 0 Å². The first-order chi connectivity index (χ1) is 7.80. The molecule has 0 aliphatic carbocycles. The first-order valence-electron chi connectivity index (χ1n) is 6.37. The molecular formula is C12H26N2O2. The third-order valence-corrected chi connectivity index (χ3v) is 3.08. The number of methoxy groups -OCH3 is 1. The van der Waals surface area contributed by atoms with E-state index in [0.717, 1.165) is 32.7 Å². The molecule has 96 valence electrons. The molecule has 0 spiro atoms. The second-order valence-electron chi connectivity index (χ2n) is 4.49. The zero-order valence-corrected chi connectivity index (χ0v) is 10.7. The SMILES string of the molecule is CCCOC1CCCN(CC(CN)OC)C1. The van der Waals surface area contributed by atoms with Crippen LogP contribution in [0.1, 0.15) is 26.2 Å². The Morgan fingerprint density at radius 2 is 2.31 bits per heavy atom. The molecule has 0 aromatic rings. The van der Waals surface area contributed by atoms with E-state index in [-0.39, 0.29) is 6.10 Å². The molecule has 4 nitrogen and oxygen atoms in total. The molecule has 1 aliphatic heterocycles. The first-order valence-corrected chi connectivity index (χ1v) is 6.37. The molecule has 2 N–H and O–H groups in total. The molecule has 0 bridgehead atoms. The molecule has 1 fully saturated rings. The Kier molecular flexibility index (Phi) is 6.96. The Morgan fingerprint density at radius 3 is 2.94 bits per heavy atom. The smallest absolute Gasteiger partial charge is 0.0820 e. The number of rotatable bonds is 7. The fraction of sp³-hybridized carbons (Fsp3) is 1.00. The Morgan fingerprint density at radius 1 is 1.50 bits per heavy atom. The highest BCUT2D eigenvalue weighted by molar-refractivity contribution is 4.76. The van der Waals surface area contributed by atoms with E-state index in [2.05, 4.69) is 11.8 Å². The largest absolute Gasteiger partial charge is 0.379 e. The second-order valence-corrected chi connectivity index (χ2v) is 4.49. The molecule has 0 aromatic heterocycles. The van der Waals surface area contributed by atoms with Crippen molar-refractivity contribution in [2.24, 2.45) is 5.73 Å². The minimum Gasteiger partial charge on any atom is -0.379 e. The molecule has 0 radical (unpaired) electrons. The molecule has 0 amide bonds. The highest BCUT2D eigenvalue weighted by Gasteiger charge is 2.22. The van der Waals surface area contributed by atoms with Gasteiger partial charge in [0.1, 0.15) is 0 Å². The minimum absolute atomic E-state index is 0.157. The number of piperidine rings is 1. The lowest BCUT2D eigenvalue weighted by molar-refractivity contribution is -0.0161. The van der Waals surface area contributed by atoms with Crippen LogP contribution in [0.15, 0.2) is 0 Å². The lowest BCUT2D eigenvalue weighted by atomic mass is 10.1. The van der Waals surface area contributed by atoms with Crippen molar-refractivity contribution in [2.45, 2.75) is 38.4 Å². The Labute approximate surface area is 99.1 Å². The predicted octanol–water partition coefficient (Wildman–Crippen LogP) is 0.851. The van der Waals surface area contributed by atoms with Crippen molar-refractivity contribution < 1.29 is 9.47 Å². The number of nitrogens with zero attached hydrogens (tertiary/aromatic N) is 1. The molecule has 1 saturated heterocycles. The van der Waals surface area contributed by atoms with Crippen LogP contribution < -0.4 is 5.73 Å². The van der Waals surface area contributed by atoms with Gasteiger partial charge in [-0.2, -0.15) is 0 Å². The van der Waals surface area contributed by atoms with Crippen molar-refractivity contribution in [2.75, 3.05) is 39.9 Å². The van der Waals surface area contributed by atoms with E-state index in [1.54, 1.807) is 7.11 Å². The van der Waals surface area contributed by atoms with Crippen LogP contribution in [0.3, 0.4) is 0 Å². The quantitative estimate of drug-likeness (QED) is 0.704. The highest BCUT2D eigenvalue weighted by atomic mass is 16.5. The predicted molar refractivity (Wildman–Crippen MR) is 65.6 cm³/mol. The van der Waals surface area contributed by atoms with Crippen LogP contribution in [-0.2, 0) is 9.47 Å². The molecule has 2 atom stereocenters. The van der Waals surface area contributed by atoms with E-state index in [9.17, 15) is 0 Å². The molecule has 0 saturated carbocycles. The monoisotopic (exact) mass is 230 g/mol. The van der Waals surface area contributed by atoms with Gasteiger partial charge >= 0.3 is 0 Å². The van der Waals surface area contributed by atoms with Gasteiger partial charge in [0.2, 0.25) is 0 Å². The molecule has 1 rings (SSSR count). The average Bonchev–Trinajstić information content (AvgIpc) is 2.34. The summed E-state index contributed by atoms with van der Waals surface area (Å²) in [6.45, 7) is 6.72. The lowest BCUT2D eigenvalue weighted by Gasteiger charge is -2.34. The van der Waals surface area contributed by atoms with Gasteiger partial charge in [-0.25, -0.2) is 0 Å². The first kappa shape index (κ1) is 13.9. The zero-order valence-electron chi connectivity index (χ0n) is 10.7. The third-order valence-electron chi connectivity index (χ3n) is 3.08. The van der Waals surface area contributed by atoms with E-state index in [4.69, 9.17) is 15.2 Å². The van der Waals surface area contributed by atoms with Crippen molar-refractivity contribution in [1.82, 2.24) is 4.90 Å². The number of nitrogens with two attached hydrogens (primary N) is 1. The molecule has 4 heteroatoms. The molecule has 2 unspecified atom stereocenters. The summed E-state index contributed by atoms with van der Waals surface area (Å²) in [5.74, 6) is 0. The van der Waals surface area contributed by atoms with E-state index < -0.39 is 0 Å². The Balaban J connectivity index is 2.26. The third kappa shape index (κ3) is 4.78. The van der Waals surface area contributed by atoms with Crippen molar-refractivity contribution in [3.05, 3.63) is 0 Å². The standard InChI is InChI=1S/C12H26N2O2/c1-3-7-16-11-5-4-6-14(9-11)10-12(8-13)15-2/h11-12H,3-10,13H2,1-2H3. The maximum absolute atomic E-state index is 5.80. The van der Waals surface area contributed by atoms with Crippen molar-refractivity contribution in [1.29, 1.82) is 0 Å². The van der Waals surface area contributed by atoms with Gasteiger partial charge in [0, 0.05) is 33.4 Å². The van der Waals surface area contributed by atoms with Gasteiger partial charge in [-0.05, 0) is 25.8 Å². The highest BCUT2D eigenvalue weighted by Crippen LogP contribution is 2.14. The van der Waals surface area contributed by atoms with Crippen LogP contribution in [0.25, 0.3) is 0 Å². The summed E-state index contributed by atoms with van der Waals surface area (Å²) in [7, 11) is 1.73. The van der Waals surface area contributed by atoms with E-state index in [1.807, 2.05) is 0 Å². The van der Waals surface area contributed by atoms with E-state index >= 15 is 0 Å². The van der Waals surface area contributed by atoms with Crippen LogP contribution in [0.5, 0.6) is 0 Å². The Bertz CT molecular complexity index is 174. The summed E-state index contributed by atoms with van der Waals surface area (Å²) >= 11 is 0. The molecule has 16 heavy (non-hydrogen) atoms. The van der Waals surface area contributed by atoms with Crippen LogP contribution in [0, 0.1) is 0 Å². The molecular weight excluding hydrogens is 204 g/mol. The molecule has 1 aliphatic rings. The zero-order chi connectivity index (χ0) is 11.8. The van der Waals surface area contributed by atoms with Gasteiger partial charge in [0.05, 0.1) is 12.2 Å². The van der Waals surface area contributed by atoms with Gasteiger partial charge in [-0.1, -0.05) is 6.92 Å². The maximum atomic E-state index is 5.80. The fourth-order valence-electron chi connectivity index (χ4n) is 2.13. The number of ether oxygens (including phenoxy) is 2. The summed E-state index contributed by atoms with van der Waals surface area (Å²) in [6, 6.07) is 0. The Hall–Kier alpha value is -0.160. The topological polar surface area (TPSA) is 47.7 Å². The van der Waals surface area contributed by atoms with Crippen molar-refractivity contribution in [3.8, 4) is 0 Å². The van der Waals surface area contributed by atoms with Gasteiger partial charge in [0.25, 0.3) is 0 Å². The summed E-state index contributed by atoms with van der Waals surface area (Å²) in [5.41, 5.74) is 5.63. The summed E-state index contributed by atoms with van der Waals surface area (Å²) in [5, 5.41) is 0. The van der Waals surface area contributed by atoms with E-state index in [1.165, 1.54) is 12.8 Å². The van der Waals surface area contributed by atoms with Crippen LogP contribution >= 0.6 is 0 Å². The van der Waals surface area contributed by atoms with Gasteiger partial charge < -0.3 is 15.2 Å². The summed E-state index contributed by atoms with van der Waals surface area (Å²) < 4.78 is 11.1. The van der Waals surface area contributed by atoms with Crippen LogP contribution in [-0.4, -0.2) is 57.0 Å².